The zero-order valence-corrected chi connectivity index (χ0v) is 12.3. The van der Waals surface area contributed by atoms with Crippen LogP contribution in [0.1, 0.15) is 5.56 Å². The molecule has 3 rings (SSSR count). The summed E-state index contributed by atoms with van der Waals surface area (Å²) in [5.41, 5.74) is 2.37. The smallest absolute Gasteiger partial charge is 0.780 e. The number of benzene rings is 2. The van der Waals surface area contributed by atoms with E-state index >= 15 is 0 Å². The van der Waals surface area contributed by atoms with Crippen LogP contribution in [0.25, 0.3) is 21.9 Å². The van der Waals surface area contributed by atoms with Gasteiger partial charge in [0.05, 0.1) is 6.61 Å². The maximum atomic E-state index is 9.23. The number of rotatable bonds is 1. The molecule has 1 heterocycles. The third-order valence-corrected chi connectivity index (χ3v) is 2.97. The third-order valence-electron chi connectivity index (χ3n) is 2.72. The summed E-state index contributed by atoms with van der Waals surface area (Å²) in [5.74, 6) is 0. The van der Waals surface area contributed by atoms with E-state index in [0.29, 0.717) is 0 Å². The van der Waals surface area contributed by atoms with Crippen LogP contribution in [0, 0.1) is 0 Å². The second-order valence-electron chi connectivity index (χ2n) is 3.71. The molecule has 2 aromatic carbocycles. The molecule has 2 nitrogen and oxygen atoms in total. The number of aliphatic hydroxyl groups excluding tert-OH is 1. The minimum atomic E-state index is -0.0160. The minimum absolute atomic E-state index is 0. The molecule has 0 saturated carbocycles. The quantitative estimate of drug-likeness (QED) is 0.488. The van der Waals surface area contributed by atoms with Gasteiger partial charge in [0.25, 0.3) is 0 Å². The summed E-state index contributed by atoms with van der Waals surface area (Å²) in [6.07, 6.45) is 0. The topological polar surface area (TPSA) is 33.4 Å². The van der Waals surface area contributed by atoms with E-state index in [4.69, 9.17) is 17.0 Å². The summed E-state index contributed by atoms with van der Waals surface area (Å²) in [6, 6.07) is 11.4. The molecular weight excluding hydrogens is 243 g/mol. The number of hydrogen-bond acceptors (Lipinski definition) is 3. The van der Waals surface area contributed by atoms with Gasteiger partial charge in [-0.3, -0.25) is 0 Å². The normalized spacial score (nSPS) is 10.6. The molecule has 1 N–H and O–H groups in total. The summed E-state index contributed by atoms with van der Waals surface area (Å²) >= 11 is 5.14. The van der Waals surface area contributed by atoms with Gasteiger partial charge in [-0.25, -0.2) is 0 Å². The Kier molecular flexibility index (Phi) is 3.76. The second kappa shape index (κ2) is 4.96. The maximum Gasteiger partial charge on any atom is 1.00 e. The van der Waals surface area contributed by atoms with E-state index in [2.05, 4.69) is 0 Å². The Morgan fingerprint density at radius 1 is 1.12 bits per heavy atom. The van der Waals surface area contributed by atoms with Crippen LogP contribution in [0.3, 0.4) is 0 Å². The largest absolute Gasteiger partial charge is 1.00 e. The number of furan rings is 1. The van der Waals surface area contributed by atoms with Crippen LogP contribution >= 0.6 is 0 Å². The molecule has 0 spiro atoms. The van der Waals surface area contributed by atoms with E-state index in [9.17, 15) is 5.11 Å². The van der Waals surface area contributed by atoms with Gasteiger partial charge in [0.15, 0.2) is 0 Å². The monoisotopic (exact) mass is 252 g/mol. The zero-order valence-electron chi connectivity index (χ0n) is 9.43. The molecule has 3 aromatic rings. The summed E-state index contributed by atoms with van der Waals surface area (Å²) in [7, 11) is 0. The van der Waals surface area contributed by atoms with Crippen molar-refractivity contribution in [2.45, 2.75) is 11.5 Å². The van der Waals surface area contributed by atoms with Gasteiger partial charge in [0.2, 0.25) is 0 Å². The summed E-state index contributed by atoms with van der Waals surface area (Å²) in [5, 5.41) is 11.3. The van der Waals surface area contributed by atoms with Crippen molar-refractivity contribution in [2.75, 3.05) is 0 Å². The molecular formula is C13H9NaO2S. The second-order valence-corrected chi connectivity index (χ2v) is 4.18. The predicted molar refractivity (Wildman–Crippen MR) is 65.3 cm³/mol. The summed E-state index contributed by atoms with van der Waals surface area (Å²) in [4.78, 5) is 0.796. The van der Waals surface area contributed by atoms with Crippen molar-refractivity contribution in [1.29, 1.82) is 0 Å². The fourth-order valence-corrected chi connectivity index (χ4v) is 2.15. The van der Waals surface area contributed by atoms with Gasteiger partial charge in [0, 0.05) is 16.3 Å². The van der Waals surface area contributed by atoms with E-state index in [1.165, 1.54) is 0 Å². The fourth-order valence-electron chi connectivity index (χ4n) is 1.96. The van der Waals surface area contributed by atoms with Crippen LogP contribution < -0.4 is 29.6 Å². The molecule has 0 aliphatic heterocycles. The first-order valence-corrected chi connectivity index (χ1v) is 5.42. The first-order chi connectivity index (χ1) is 7.79. The molecule has 0 unspecified atom stereocenters. The van der Waals surface area contributed by atoms with Gasteiger partial charge in [-0.1, -0.05) is 30.3 Å². The molecule has 0 aliphatic carbocycles. The van der Waals surface area contributed by atoms with Crippen molar-refractivity contribution in [2.24, 2.45) is 0 Å². The molecule has 0 amide bonds. The van der Waals surface area contributed by atoms with Crippen molar-refractivity contribution in [1.82, 2.24) is 0 Å². The Morgan fingerprint density at radius 3 is 2.71 bits per heavy atom. The molecule has 0 bridgehead atoms. The molecule has 0 fully saturated rings. The van der Waals surface area contributed by atoms with Crippen molar-refractivity contribution >= 4 is 34.6 Å². The van der Waals surface area contributed by atoms with E-state index in [-0.39, 0.29) is 36.2 Å². The number of aliphatic hydroxyl groups is 1. The van der Waals surface area contributed by atoms with Crippen molar-refractivity contribution in [3.05, 3.63) is 42.0 Å². The minimum Gasteiger partial charge on any atom is -0.780 e. The average molecular weight is 252 g/mol. The fraction of sp³-hybridized carbons (Fsp3) is 0.0769. The first kappa shape index (κ1) is 12.9. The van der Waals surface area contributed by atoms with Gasteiger partial charge in [-0.2, -0.15) is 4.90 Å². The summed E-state index contributed by atoms with van der Waals surface area (Å²) < 4.78 is 5.72. The zero-order chi connectivity index (χ0) is 11.1. The standard InChI is InChI=1S/C13H10O2S.Na/c14-7-8-2-1-3-10-11-6-9(16)4-5-12(11)15-13(8)10;/h1-6,14,16H,7H2;/q;+1/p-1. The Hall–Kier alpha value is -0.580. The van der Waals surface area contributed by atoms with Crippen LogP contribution in [0.2, 0.25) is 0 Å². The molecule has 0 radical (unpaired) electrons. The van der Waals surface area contributed by atoms with E-state index in [1.54, 1.807) is 0 Å². The predicted octanol–water partition coefficient (Wildman–Crippen LogP) is -0.0119. The molecule has 4 heteroatoms. The Morgan fingerprint density at radius 2 is 1.94 bits per heavy atom. The Bertz CT molecular complexity index is 676. The molecule has 0 saturated heterocycles. The van der Waals surface area contributed by atoms with Crippen LogP contribution in [0.4, 0.5) is 0 Å². The van der Waals surface area contributed by atoms with Gasteiger partial charge in [-0.05, 0) is 6.07 Å². The van der Waals surface area contributed by atoms with Crippen molar-refractivity contribution < 1.29 is 39.1 Å². The molecule has 0 atom stereocenters. The van der Waals surface area contributed by atoms with E-state index < -0.39 is 0 Å². The molecule has 0 aliphatic rings. The van der Waals surface area contributed by atoms with Gasteiger partial charge in [-0.15, -0.1) is 0 Å². The van der Waals surface area contributed by atoms with Gasteiger partial charge >= 0.3 is 29.6 Å². The molecule has 80 valence electrons. The van der Waals surface area contributed by atoms with Crippen LogP contribution in [-0.4, -0.2) is 5.11 Å². The Balaban J connectivity index is 0.00000108. The average Bonchev–Trinajstić information content (AvgIpc) is 2.67. The SMILES string of the molecule is OCc1cccc2c1oc1ccc([S-])cc12.[Na+]. The third kappa shape index (κ3) is 2.09. The van der Waals surface area contributed by atoms with Gasteiger partial charge < -0.3 is 22.2 Å². The van der Waals surface area contributed by atoms with Gasteiger partial charge in [0.1, 0.15) is 11.2 Å². The molecule has 1 aromatic heterocycles. The number of fused-ring (bicyclic) bond motifs is 3. The summed E-state index contributed by atoms with van der Waals surface area (Å²) in [6.45, 7) is -0.0160. The molecule has 17 heavy (non-hydrogen) atoms. The Labute approximate surface area is 126 Å². The first-order valence-electron chi connectivity index (χ1n) is 5.01. The number of hydrogen-bond donors (Lipinski definition) is 1. The van der Waals surface area contributed by atoms with Crippen molar-refractivity contribution in [3.8, 4) is 0 Å². The van der Waals surface area contributed by atoms with E-state index in [0.717, 1.165) is 32.4 Å². The van der Waals surface area contributed by atoms with Crippen LogP contribution in [-0.2, 0) is 19.2 Å². The van der Waals surface area contributed by atoms with Crippen LogP contribution in [0.5, 0.6) is 0 Å². The van der Waals surface area contributed by atoms with E-state index in [1.807, 2.05) is 36.4 Å². The number of para-hydroxylation sites is 1. The van der Waals surface area contributed by atoms with Crippen LogP contribution in [0.15, 0.2) is 45.7 Å². The maximum absolute atomic E-state index is 9.23. The van der Waals surface area contributed by atoms with Crippen molar-refractivity contribution in [3.63, 3.8) is 0 Å².